The van der Waals surface area contributed by atoms with Gasteiger partial charge < -0.3 is 28.8 Å². The number of nitrogens with one attached hydrogen (secondary N) is 1. The number of hydrogen-bond acceptors (Lipinski definition) is 7. The van der Waals surface area contributed by atoms with Crippen molar-refractivity contribution < 1.29 is 23.7 Å². The maximum Gasteiger partial charge on any atom is 0.234 e. The molecular formula is C25H29N3O5S. The Morgan fingerprint density at radius 3 is 2.50 bits per heavy atom. The molecule has 1 atom stereocenters. The van der Waals surface area contributed by atoms with Crippen LogP contribution in [-0.2, 0) is 16.1 Å². The zero-order valence-corrected chi connectivity index (χ0v) is 20.4. The lowest BCUT2D eigenvalue weighted by atomic mass is 10.1. The van der Waals surface area contributed by atoms with Gasteiger partial charge in [0.1, 0.15) is 0 Å². The Morgan fingerprint density at radius 1 is 1.15 bits per heavy atom. The van der Waals surface area contributed by atoms with E-state index in [9.17, 15) is 4.79 Å². The number of rotatable bonds is 10. The van der Waals surface area contributed by atoms with E-state index in [0.29, 0.717) is 29.5 Å². The molecule has 1 N–H and O–H groups in total. The third kappa shape index (κ3) is 5.48. The van der Waals surface area contributed by atoms with Crippen molar-refractivity contribution >= 4 is 23.4 Å². The van der Waals surface area contributed by atoms with Crippen molar-refractivity contribution in [3.63, 3.8) is 0 Å². The summed E-state index contributed by atoms with van der Waals surface area (Å²) in [6, 6.07) is 13.6. The van der Waals surface area contributed by atoms with Gasteiger partial charge in [0.15, 0.2) is 16.7 Å². The number of thioether (sulfide) groups is 1. The van der Waals surface area contributed by atoms with Crippen LogP contribution in [0.5, 0.6) is 17.2 Å². The minimum Gasteiger partial charge on any atom is -0.493 e. The number of carbonyl (C=O) groups excluding carboxylic acids is 1. The number of amides is 1. The lowest BCUT2D eigenvalue weighted by Crippen LogP contribution is -2.18. The molecule has 180 valence electrons. The van der Waals surface area contributed by atoms with E-state index in [0.717, 1.165) is 35.9 Å². The molecule has 1 aliphatic heterocycles. The molecule has 0 bridgehead atoms. The average Bonchev–Trinajstić information content (AvgIpc) is 3.53. The number of hydrogen-bond donors (Lipinski definition) is 1. The third-order valence-corrected chi connectivity index (χ3v) is 6.57. The summed E-state index contributed by atoms with van der Waals surface area (Å²) in [6.07, 6.45) is 4.12. The number of anilines is 1. The van der Waals surface area contributed by atoms with E-state index in [4.69, 9.17) is 18.9 Å². The number of imidazole rings is 1. The Morgan fingerprint density at radius 2 is 1.88 bits per heavy atom. The minimum atomic E-state index is -0.160. The smallest absolute Gasteiger partial charge is 0.234 e. The molecule has 2 aromatic carbocycles. The summed E-state index contributed by atoms with van der Waals surface area (Å²) in [4.78, 5) is 17.4. The van der Waals surface area contributed by atoms with Crippen LogP contribution < -0.4 is 19.5 Å². The number of aromatic nitrogens is 2. The summed E-state index contributed by atoms with van der Waals surface area (Å²) in [7, 11) is 4.62. The van der Waals surface area contributed by atoms with Gasteiger partial charge in [-0.2, -0.15) is 0 Å². The molecule has 0 saturated carbocycles. The number of ether oxygens (including phenoxy) is 4. The second kappa shape index (κ2) is 11.3. The zero-order valence-electron chi connectivity index (χ0n) is 19.6. The van der Waals surface area contributed by atoms with Crippen LogP contribution in [0.25, 0.3) is 11.3 Å². The fourth-order valence-corrected chi connectivity index (χ4v) is 4.75. The SMILES string of the molecule is COc1cc(NC(=O)CSc2ncc(-c3ccccc3)n2CC2CCCO2)cc(OC)c1OC. The van der Waals surface area contributed by atoms with Crippen LogP contribution in [0.3, 0.4) is 0 Å². The first-order valence-electron chi connectivity index (χ1n) is 11.1. The molecule has 3 aromatic rings. The summed E-state index contributed by atoms with van der Waals surface area (Å²) < 4.78 is 24.1. The van der Waals surface area contributed by atoms with Gasteiger partial charge in [-0.05, 0) is 18.4 Å². The van der Waals surface area contributed by atoms with Gasteiger partial charge in [0.25, 0.3) is 0 Å². The van der Waals surface area contributed by atoms with Crippen LogP contribution >= 0.6 is 11.8 Å². The molecule has 0 radical (unpaired) electrons. The fourth-order valence-electron chi connectivity index (χ4n) is 3.96. The number of benzene rings is 2. The second-order valence-electron chi connectivity index (χ2n) is 7.79. The molecule has 0 spiro atoms. The van der Waals surface area contributed by atoms with Crippen molar-refractivity contribution in [3.8, 4) is 28.5 Å². The second-order valence-corrected chi connectivity index (χ2v) is 8.73. The highest BCUT2D eigenvalue weighted by molar-refractivity contribution is 7.99. The van der Waals surface area contributed by atoms with E-state index in [2.05, 4.69) is 27.0 Å². The average molecular weight is 484 g/mol. The summed E-state index contributed by atoms with van der Waals surface area (Å²) in [5.74, 6) is 1.47. The van der Waals surface area contributed by atoms with Gasteiger partial charge in [0, 0.05) is 24.4 Å². The van der Waals surface area contributed by atoms with E-state index < -0.39 is 0 Å². The van der Waals surface area contributed by atoms with Crippen LogP contribution in [0.2, 0.25) is 0 Å². The Balaban J connectivity index is 1.49. The maximum atomic E-state index is 12.8. The van der Waals surface area contributed by atoms with Crippen LogP contribution in [0.1, 0.15) is 12.8 Å². The molecule has 1 aromatic heterocycles. The number of methoxy groups -OCH3 is 3. The topological polar surface area (TPSA) is 83.8 Å². The number of carbonyl (C=O) groups is 1. The molecule has 0 aliphatic carbocycles. The quantitative estimate of drug-likeness (QED) is 0.426. The van der Waals surface area contributed by atoms with E-state index in [1.54, 1.807) is 12.1 Å². The normalized spacial score (nSPS) is 15.2. The van der Waals surface area contributed by atoms with Gasteiger partial charge in [-0.3, -0.25) is 4.79 Å². The van der Waals surface area contributed by atoms with E-state index >= 15 is 0 Å². The standard InChI is InChI=1S/C25H29N3O5S/c1-30-21-12-18(13-22(31-2)24(21)32-3)27-23(29)16-34-25-26-14-20(17-8-5-4-6-9-17)28(25)15-19-10-7-11-33-19/h4-6,8-9,12-14,19H,7,10-11,15-16H2,1-3H3,(H,27,29). The van der Waals surface area contributed by atoms with E-state index in [-0.39, 0.29) is 17.8 Å². The van der Waals surface area contributed by atoms with Crippen molar-refractivity contribution in [3.05, 3.63) is 48.7 Å². The first kappa shape index (κ1) is 24.0. The molecule has 9 heteroatoms. The van der Waals surface area contributed by atoms with Crippen molar-refractivity contribution in [1.82, 2.24) is 9.55 Å². The molecule has 1 amide bonds. The fraction of sp³-hybridized carbons (Fsp3) is 0.360. The number of nitrogens with zero attached hydrogens (tertiary/aromatic N) is 2. The molecule has 1 saturated heterocycles. The largest absolute Gasteiger partial charge is 0.493 e. The minimum absolute atomic E-state index is 0.157. The first-order valence-corrected chi connectivity index (χ1v) is 12.1. The highest BCUT2D eigenvalue weighted by atomic mass is 32.2. The van der Waals surface area contributed by atoms with Gasteiger partial charge in [-0.15, -0.1) is 0 Å². The Hall–Kier alpha value is -3.17. The molecule has 1 aliphatic rings. The van der Waals surface area contributed by atoms with Gasteiger partial charge in [0.05, 0.1) is 51.6 Å². The molecule has 4 rings (SSSR count). The van der Waals surface area contributed by atoms with Crippen molar-refractivity contribution in [2.75, 3.05) is 39.0 Å². The van der Waals surface area contributed by atoms with Gasteiger partial charge in [-0.1, -0.05) is 42.1 Å². The van der Waals surface area contributed by atoms with E-state index in [1.165, 1.54) is 33.1 Å². The Bertz CT molecular complexity index is 1090. The molecule has 1 fully saturated rings. The van der Waals surface area contributed by atoms with Crippen molar-refractivity contribution in [2.45, 2.75) is 30.6 Å². The maximum absolute atomic E-state index is 12.8. The molecule has 34 heavy (non-hydrogen) atoms. The molecular weight excluding hydrogens is 454 g/mol. The Labute approximate surface area is 203 Å². The summed E-state index contributed by atoms with van der Waals surface area (Å²) in [6.45, 7) is 1.50. The first-order chi connectivity index (χ1) is 16.6. The third-order valence-electron chi connectivity index (χ3n) is 5.58. The monoisotopic (exact) mass is 483 g/mol. The summed E-state index contributed by atoms with van der Waals surface area (Å²) in [5.41, 5.74) is 2.66. The summed E-state index contributed by atoms with van der Waals surface area (Å²) in [5, 5.41) is 3.69. The van der Waals surface area contributed by atoms with Gasteiger partial charge >= 0.3 is 0 Å². The van der Waals surface area contributed by atoms with Crippen LogP contribution in [0, 0.1) is 0 Å². The van der Waals surface area contributed by atoms with Crippen LogP contribution in [0.4, 0.5) is 5.69 Å². The van der Waals surface area contributed by atoms with Gasteiger partial charge in [0.2, 0.25) is 11.7 Å². The van der Waals surface area contributed by atoms with Crippen LogP contribution in [-0.4, -0.2) is 55.3 Å². The molecule has 2 heterocycles. The zero-order chi connectivity index (χ0) is 23.9. The predicted octanol–water partition coefficient (Wildman–Crippen LogP) is 4.49. The highest BCUT2D eigenvalue weighted by Crippen LogP contribution is 2.40. The van der Waals surface area contributed by atoms with Gasteiger partial charge in [-0.25, -0.2) is 4.98 Å². The summed E-state index contributed by atoms with van der Waals surface area (Å²) >= 11 is 1.40. The van der Waals surface area contributed by atoms with Crippen LogP contribution in [0.15, 0.2) is 53.8 Å². The molecule has 8 nitrogen and oxygen atoms in total. The van der Waals surface area contributed by atoms with Crippen molar-refractivity contribution in [2.24, 2.45) is 0 Å². The molecule has 1 unspecified atom stereocenters. The van der Waals surface area contributed by atoms with Crippen molar-refractivity contribution in [1.29, 1.82) is 0 Å². The lowest BCUT2D eigenvalue weighted by molar-refractivity contribution is -0.113. The lowest BCUT2D eigenvalue weighted by Gasteiger charge is -2.16. The van der Waals surface area contributed by atoms with E-state index in [1.807, 2.05) is 24.4 Å². The predicted molar refractivity (Wildman–Crippen MR) is 132 cm³/mol. The Kier molecular flexibility index (Phi) is 7.97. The highest BCUT2D eigenvalue weighted by Gasteiger charge is 2.21.